The normalized spacial score (nSPS) is 12.8. The maximum Gasteiger partial charge on any atom is 0.264 e. The third-order valence-corrected chi connectivity index (χ3v) is 4.95. The minimum Gasteiger partial charge on any atom is -0.449 e. The molecule has 1 unspecified atom stereocenters. The highest BCUT2D eigenvalue weighted by Crippen LogP contribution is 2.20. The number of hydrogen-bond donors (Lipinski definition) is 1. The van der Waals surface area contributed by atoms with Gasteiger partial charge in [0.15, 0.2) is 5.89 Å². The zero-order valence-electron chi connectivity index (χ0n) is 13.4. The van der Waals surface area contributed by atoms with Crippen LogP contribution < -0.4 is 4.72 Å². The van der Waals surface area contributed by atoms with Gasteiger partial charge in [0.1, 0.15) is 12.0 Å². The van der Waals surface area contributed by atoms with Gasteiger partial charge in [-0.1, -0.05) is 32.4 Å². The van der Waals surface area contributed by atoms with E-state index in [1.165, 1.54) is 18.4 Å². The van der Waals surface area contributed by atoms with E-state index < -0.39 is 15.9 Å². The van der Waals surface area contributed by atoms with Crippen molar-refractivity contribution in [1.82, 2.24) is 9.71 Å². The average Bonchev–Trinajstić information content (AvgIpc) is 2.93. The third-order valence-electron chi connectivity index (χ3n) is 3.56. The van der Waals surface area contributed by atoms with Crippen molar-refractivity contribution in [1.29, 1.82) is 0 Å². The van der Waals surface area contributed by atoms with Crippen molar-refractivity contribution < 1.29 is 17.6 Å². The van der Waals surface area contributed by atoms with E-state index in [1.54, 1.807) is 19.1 Å². The standard InChI is InChI=1S/C16H20N2O4S/c1-4-11(2)9-16(19)18-23(20,21)14-7-5-13(6-8-14)15-10-22-12(3)17-15/h5-8,10-11H,4,9H2,1-3H3,(H,18,19). The van der Waals surface area contributed by atoms with Crippen molar-refractivity contribution in [3.8, 4) is 11.3 Å². The largest absolute Gasteiger partial charge is 0.449 e. The molecule has 2 aromatic rings. The van der Waals surface area contributed by atoms with Gasteiger partial charge < -0.3 is 4.42 Å². The van der Waals surface area contributed by atoms with Crippen molar-refractivity contribution in [2.75, 3.05) is 0 Å². The zero-order chi connectivity index (χ0) is 17.0. The summed E-state index contributed by atoms with van der Waals surface area (Å²) < 4.78 is 31.6. The summed E-state index contributed by atoms with van der Waals surface area (Å²) in [6.07, 6.45) is 2.51. The number of aromatic nitrogens is 1. The summed E-state index contributed by atoms with van der Waals surface area (Å²) in [7, 11) is -3.85. The van der Waals surface area contributed by atoms with Crippen LogP contribution in [-0.2, 0) is 14.8 Å². The Kier molecular flexibility index (Phi) is 5.20. The number of carbonyl (C=O) groups excluding carboxylic acids is 1. The van der Waals surface area contributed by atoms with E-state index in [1.807, 2.05) is 13.8 Å². The lowest BCUT2D eigenvalue weighted by Crippen LogP contribution is -2.31. The lowest BCUT2D eigenvalue weighted by atomic mass is 10.1. The molecule has 1 N–H and O–H groups in total. The van der Waals surface area contributed by atoms with E-state index >= 15 is 0 Å². The van der Waals surface area contributed by atoms with Crippen LogP contribution in [-0.4, -0.2) is 19.3 Å². The molecular formula is C16H20N2O4S. The Labute approximate surface area is 136 Å². The van der Waals surface area contributed by atoms with Gasteiger partial charge in [-0.15, -0.1) is 0 Å². The SMILES string of the molecule is CCC(C)CC(=O)NS(=O)(=O)c1ccc(-c2coc(C)n2)cc1. The van der Waals surface area contributed by atoms with Crippen LogP contribution in [0.2, 0.25) is 0 Å². The summed E-state index contributed by atoms with van der Waals surface area (Å²) in [6, 6.07) is 6.15. The second kappa shape index (κ2) is 6.95. The van der Waals surface area contributed by atoms with Gasteiger partial charge >= 0.3 is 0 Å². The molecule has 0 aliphatic rings. The lowest BCUT2D eigenvalue weighted by molar-refractivity contribution is -0.120. The minimum atomic E-state index is -3.85. The molecule has 23 heavy (non-hydrogen) atoms. The van der Waals surface area contributed by atoms with Crippen LogP contribution in [0, 0.1) is 12.8 Å². The molecule has 1 heterocycles. The topological polar surface area (TPSA) is 89.3 Å². The Bertz CT molecular complexity index is 779. The smallest absolute Gasteiger partial charge is 0.264 e. The fraction of sp³-hybridized carbons (Fsp3) is 0.375. The quantitative estimate of drug-likeness (QED) is 0.876. The second-order valence-corrected chi connectivity index (χ2v) is 7.20. The number of nitrogens with one attached hydrogen (secondary N) is 1. The molecule has 6 nitrogen and oxygen atoms in total. The lowest BCUT2D eigenvalue weighted by Gasteiger charge is -2.10. The van der Waals surface area contributed by atoms with E-state index in [0.717, 1.165) is 12.0 Å². The summed E-state index contributed by atoms with van der Waals surface area (Å²) in [4.78, 5) is 16.0. The maximum atomic E-state index is 12.2. The van der Waals surface area contributed by atoms with Crippen LogP contribution in [0.3, 0.4) is 0 Å². The second-order valence-electron chi connectivity index (χ2n) is 5.52. The summed E-state index contributed by atoms with van der Waals surface area (Å²) in [5.41, 5.74) is 1.37. The molecule has 1 aromatic carbocycles. The highest BCUT2D eigenvalue weighted by molar-refractivity contribution is 7.90. The number of rotatable bonds is 6. The van der Waals surface area contributed by atoms with Crippen molar-refractivity contribution in [2.45, 2.75) is 38.5 Å². The van der Waals surface area contributed by atoms with Gasteiger partial charge in [0.05, 0.1) is 4.90 Å². The fourth-order valence-corrected chi connectivity index (χ4v) is 3.01. The first-order valence-electron chi connectivity index (χ1n) is 7.40. The average molecular weight is 336 g/mol. The summed E-state index contributed by atoms with van der Waals surface area (Å²) in [6.45, 7) is 5.59. The van der Waals surface area contributed by atoms with Gasteiger partial charge in [0.2, 0.25) is 5.91 Å². The highest BCUT2D eigenvalue weighted by atomic mass is 32.2. The van der Waals surface area contributed by atoms with E-state index in [9.17, 15) is 13.2 Å². The van der Waals surface area contributed by atoms with Gasteiger partial charge in [-0.2, -0.15) is 0 Å². The molecule has 1 aromatic heterocycles. The molecule has 0 bridgehead atoms. The highest BCUT2D eigenvalue weighted by Gasteiger charge is 2.19. The van der Waals surface area contributed by atoms with Crippen LogP contribution in [0.15, 0.2) is 39.8 Å². The van der Waals surface area contributed by atoms with Crippen LogP contribution in [0.5, 0.6) is 0 Å². The number of nitrogens with zero attached hydrogens (tertiary/aromatic N) is 1. The van der Waals surface area contributed by atoms with Crippen molar-refractivity contribution in [2.24, 2.45) is 5.92 Å². The Morgan fingerprint density at radius 1 is 1.30 bits per heavy atom. The first-order valence-corrected chi connectivity index (χ1v) is 8.88. The Morgan fingerprint density at radius 3 is 2.48 bits per heavy atom. The van der Waals surface area contributed by atoms with Crippen LogP contribution in [0.1, 0.15) is 32.6 Å². The Morgan fingerprint density at radius 2 is 1.96 bits per heavy atom. The number of carbonyl (C=O) groups is 1. The molecule has 0 radical (unpaired) electrons. The number of benzene rings is 1. The molecule has 0 fully saturated rings. The molecule has 2 rings (SSSR count). The predicted molar refractivity (Wildman–Crippen MR) is 86.1 cm³/mol. The van der Waals surface area contributed by atoms with Crippen LogP contribution in [0.25, 0.3) is 11.3 Å². The fourth-order valence-electron chi connectivity index (χ4n) is 2.01. The number of oxazole rings is 1. The first-order chi connectivity index (χ1) is 10.8. The minimum absolute atomic E-state index is 0.0407. The third kappa shape index (κ3) is 4.41. The molecule has 0 aliphatic carbocycles. The van der Waals surface area contributed by atoms with E-state index in [2.05, 4.69) is 9.71 Å². The summed E-state index contributed by atoms with van der Waals surface area (Å²) in [5.74, 6) is 0.188. The Hall–Kier alpha value is -2.15. The number of sulfonamides is 1. The number of amides is 1. The predicted octanol–water partition coefficient (Wildman–Crippen LogP) is 2.89. The molecule has 124 valence electrons. The Balaban J connectivity index is 2.13. The van der Waals surface area contributed by atoms with Gasteiger partial charge in [-0.3, -0.25) is 4.79 Å². The van der Waals surface area contributed by atoms with Gasteiger partial charge in [-0.25, -0.2) is 18.1 Å². The zero-order valence-corrected chi connectivity index (χ0v) is 14.2. The van der Waals surface area contributed by atoms with Gasteiger partial charge in [-0.05, 0) is 18.1 Å². The number of hydrogen-bond acceptors (Lipinski definition) is 5. The first kappa shape index (κ1) is 17.2. The molecular weight excluding hydrogens is 316 g/mol. The van der Waals surface area contributed by atoms with E-state index in [-0.39, 0.29) is 17.2 Å². The summed E-state index contributed by atoms with van der Waals surface area (Å²) >= 11 is 0. The van der Waals surface area contributed by atoms with Gasteiger partial charge in [0, 0.05) is 18.9 Å². The molecule has 0 saturated heterocycles. The van der Waals surface area contributed by atoms with Crippen LogP contribution in [0.4, 0.5) is 0 Å². The molecule has 0 saturated carbocycles. The molecule has 0 aliphatic heterocycles. The van der Waals surface area contributed by atoms with Crippen molar-refractivity contribution in [3.63, 3.8) is 0 Å². The number of aryl methyl sites for hydroxylation is 1. The molecule has 1 atom stereocenters. The van der Waals surface area contributed by atoms with Crippen LogP contribution >= 0.6 is 0 Å². The summed E-state index contributed by atoms with van der Waals surface area (Å²) in [5, 5.41) is 0. The monoisotopic (exact) mass is 336 g/mol. The van der Waals surface area contributed by atoms with E-state index in [0.29, 0.717) is 11.6 Å². The maximum absolute atomic E-state index is 12.2. The van der Waals surface area contributed by atoms with E-state index in [4.69, 9.17) is 4.42 Å². The molecule has 1 amide bonds. The van der Waals surface area contributed by atoms with Gasteiger partial charge in [0.25, 0.3) is 10.0 Å². The molecule has 0 spiro atoms. The van der Waals surface area contributed by atoms with Crippen molar-refractivity contribution >= 4 is 15.9 Å². The molecule has 7 heteroatoms. The van der Waals surface area contributed by atoms with Crippen molar-refractivity contribution in [3.05, 3.63) is 36.4 Å².